The van der Waals surface area contributed by atoms with E-state index in [9.17, 15) is 13.2 Å². The number of hydrogen-bond donors (Lipinski definition) is 0. The summed E-state index contributed by atoms with van der Waals surface area (Å²) in [5.74, 6) is -0.0246. The largest absolute Gasteiger partial charge is 0.310 e. The van der Waals surface area contributed by atoms with Crippen molar-refractivity contribution < 1.29 is 13.2 Å². The van der Waals surface area contributed by atoms with E-state index in [4.69, 9.17) is 11.6 Å². The molecule has 0 spiro atoms. The normalized spacial score (nSPS) is 18.3. The van der Waals surface area contributed by atoms with Crippen LogP contribution >= 0.6 is 22.9 Å². The molecule has 1 aromatic heterocycles. The lowest BCUT2D eigenvalue weighted by atomic mass is 10.2. The third-order valence-corrected chi connectivity index (χ3v) is 6.90. The van der Waals surface area contributed by atoms with Gasteiger partial charge in [-0.15, -0.1) is 10.2 Å². The number of benzene rings is 1. The predicted octanol–water partition coefficient (Wildman–Crippen LogP) is 1.83. The van der Waals surface area contributed by atoms with Gasteiger partial charge >= 0.3 is 0 Å². The molecule has 3 rings (SSSR count). The molecule has 1 aromatic carbocycles. The van der Waals surface area contributed by atoms with E-state index in [-0.39, 0.29) is 16.3 Å². The summed E-state index contributed by atoms with van der Waals surface area (Å²) in [6.07, 6.45) is 1.77. The Balaban J connectivity index is 1.71. The second kappa shape index (κ2) is 6.99. The Morgan fingerprint density at radius 3 is 2.72 bits per heavy atom. The summed E-state index contributed by atoms with van der Waals surface area (Å²) >= 11 is 7.22. The fourth-order valence-electron chi connectivity index (χ4n) is 2.76. The van der Waals surface area contributed by atoms with Gasteiger partial charge in [0.1, 0.15) is 5.01 Å². The molecular formula is C15H17ClN4O3S2. The second-order valence-corrected chi connectivity index (χ2v) is 9.55. The third kappa shape index (κ3) is 3.84. The molecule has 0 bridgehead atoms. The first-order valence-electron chi connectivity index (χ1n) is 7.56. The summed E-state index contributed by atoms with van der Waals surface area (Å²) in [5, 5.41) is 8.72. The molecule has 2 heterocycles. The van der Waals surface area contributed by atoms with Gasteiger partial charge in [0.15, 0.2) is 0 Å². The molecular weight excluding hydrogens is 384 g/mol. The van der Waals surface area contributed by atoms with Crippen LogP contribution in [0.3, 0.4) is 0 Å². The Kier molecular flexibility index (Phi) is 5.10. The topological polar surface area (TPSA) is 83.5 Å². The molecule has 7 nitrogen and oxygen atoms in total. The Morgan fingerprint density at radius 2 is 2.08 bits per heavy atom. The van der Waals surface area contributed by atoms with Crippen molar-refractivity contribution >= 4 is 44.4 Å². The maximum Gasteiger partial charge on any atom is 0.244 e. The van der Waals surface area contributed by atoms with E-state index >= 15 is 0 Å². The Labute approximate surface area is 155 Å². The van der Waals surface area contributed by atoms with Crippen molar-refractivity contribution in [3.05, 3.63) is 34.3 Å². The highest BCUT2D eigenvalue weighted by molar-refractivity contribution is 7.92. The van der Waals surface area contributed by atoms with Gasteiger partial charge in [0.25, 0.3) is 0 Å². The molecule has 1 amide bonds. The fourth-order valence-corrected chi connectivity index (χ4v) is 4.71. The van der Waals surface area contributed by atoms with Crippen molar-refractivity contribution in [2.75, 3.05) is 24.7 Å². The van der Waals surface area contributed by atoms with Crippen molar-refractivity contribution in [3.8, 4) is 0 Å². The SMILES string of the molecule is CN(Cc1nnc(S(C)(=O)=O)s1)C1CCN(c2ccccc2Cl)C1=O. The fraction of sp³-hybridized carbons (Fsp3) is 0.400. The number of halogens is 1. The molecule has 1 aliphatic rings. The Hall–Kier alpha value is -1.55. The van der Waals surface area contributed by atoms with Gasteiger partial charge in [-0.05, 0) is 25.6 Å². The summed E-state index contributed by atoms with van der Waals surface area (Å²) in [5.41, 5.74) is 0.709. The van der Waals surface area contributed by atoms with Crippen LogP contribution in [-0.2, 0) is 21.2 Å². The Bertz CT molecular complexity index is 900. The maximum absolute atomic E-state index is 12.8. The molecule has 1 aliphatic heterocycles. The minimum Gasteiger partial charge on any atom is -0.310 e. The molecule has 10 heteroatoms. The van der Waals surface area contributed by atoms with E-state index in [0.29, 0.717) is 35.2 Å². The van der Waals surface area contributed by atoms with Gasteiger partial charge in [-0.3, -0.25) is 9.69 Å². The first-order valence-corrected chi connectivity index (χ1v) is 10.6. The molecule has 0 N–H and O–H groups in total. The van der Waals surface area contributed by atoms with E-state index in [1.165, 1.54) is 0 Å². The van der Waals surface area contributed by atoms with Gasteiger partial charge in [0.2, 0.25) is 20.1 Å². The monoisotopic (exact) mass is 400 g/mol. The zero-order valence-electron chi connectivity index (χ0n) is 13.7. The summed E-state index contributed by atoms with van der Waals surface area (Å²) in [4.78, 5) is 16.3. The average Bonchev–Trinajstić information content (AvgIpc) is 3.14. The first-order chi connectivity index (χ1) is 11.8. The number of para-hydroxylation sites is 1. The average molecular weight is 401 g/mol. The number of sulfone groups is 1. The van der Waals surface area contributed by atoms with E-state index < -0.39 is 9.84 Å². The molecule has 1 atom stereocenters. The molecule has 134 valence electrons. The number of rotatable bonds is 5. The van der Waals surface area contributed by atoms with Gasteiger partial charge in [0.05, 0.1) is 23.3 Å². The first kappa shape index (κ1) is 18.2. The van der Waals surface area contributed by atoms with Crippen LogP contribution in [0.4, 0.5) is 5.69 Å². The quantitative estimate of drug-likeness (QED) is 0.761. The van der Waals surface area contributed by atoms with Gasteiger partial charge in [-0.25, -0.2) is 8.42 Å². The van der Waals surface area contributed by atoms with Gasteiger partial charge in [-0.2, -0.15) is 0 Å². The highest BCUT2D eigenvalue weighted by atomic mass is 35.5. The van der Waals surface area contributed by atoms with Crippen molar-refractivity contribution in [1.82, 2.24) is 15.1 Å². The highest BCUT2D eigenvalue weighted by Gasteiger charge is 2.36. The van der Waals surface area contributed by atoms with E-state index in [1.807, 2.05) is 30.1 Å². The van der Waals surface area contributed by atoms with E-state index in [2.05, 4.69) is 10.2 Å². The molecule has 2 aromatic rings. The van der Waals surface area contributed by atoms with Crippen LogP contribution in [0.2, 0.25) is 5.02 Å². The van der Waals surface area contributed by atoms with Crippen molar-refractivity contribution in [3.63, 3.8) is 0 Å². The summed E-state index contributed by atoms with van der Waals surface area (Å²) in [6, 6.07) is 6.95. The van der Waals surface area contributed by atoms with Crippen molar-refractivity contribution in [1.29, 1.82) is 0 Å². The van der Waals surface area contributed by atoms with Crippen LogP contribution in [-0.4, -0.2) is 55.3 Å². The lowest BCUT2D eigenvalue weighted by Crippen LogP contribution is -2.39. The molecule has 1 saturated heterocycles. The van der Waals surface area contributed by atoms with E-state index in [0.717, 1.165) is 17.6 Å². The number of anilines is 1. The summed E-state index contributed by atoms with van der Waals surface area (Å²) < 4.78 is 23.0. The van der Waals surface area contributed by atoms with Crippen LogP contribution in [0.1, 0.15) is 11.4 Å². The van der Waals surface area contributed by atoms with Crippen LogP contribution in [0.25, 0.3) is 0 Å². The standard InChI is InChI=1S/C15H17ClN4O3S2/c1-19(9-13-17-18-15(24-13)25(2,22)23)12-7-8-20(14(12)21)11-6-4-3-5-10(11)16/h3-6,12H,7-9H2,1-2H3. The van der Waals surface area contributed by atoms with Crippen LogP contribution in [0, 0.1) is 0 Å². The molecule has 0 radical (unpaired) electrons. The molecule has 1 fully saturated rings. The lowest BCUT2D eigenvalue weighted by molar-refractivity contribution is -0.121. The molecule has 1 unspecified atom stereocenters. The molecule has 0 saturated carbocycles. The Morgan fingerprint density at radius 1 is 1.36 bits per heavy atom. The second-order valence-electron chi connectivity index (χ2n) is 5.89. The predicted molar refractivity (Wildman–Crippen MR) is 96.7 cm³/mol. The number of amides is 1. The van der Waals surface area contributed by atoms with Gasteiger partial charge in [0, 0.05) is 12.8 Å². The van der Waals surface area contributed by atoms with Crippen LogP contribution in [0.15, 0.2) is 28.6 Å². The van der Waals surface area contributed by atoms with Crippen LogP contribution < -0.4 is 4.90 Å². The number of nitrogens with zero attached hydrogens (tertiary/aromatic N) is 4. The minimum atomic E-state index is -3.36. The van der Waals surface area contributed by atoms with Crippen LogP contribution in [0.5, 0.6) is 0 Å². The zero-order chi connectivity index (χ0) is 18.2. The highest BCUT2D eigenvalue weighted by Crippen LogP contribution is 2.30. The van der Waals surface area contributed by atoms with Crippen molar-refractivity contribution in [2.24, 2.45) is 0 Å². The lowest BCUT2D eigenvalue weighted by Gasteiger charge is -2.23. The maximum atomic E-state index is 12.8. The number of aromatic nitrogens is 2. The number of hydrogen-bond acceptors (Lipinski definition) is 7. The third-order valence-electron chi connectivity index (χ3n) is 4.00. The molecule has 0 aliphatic carbocycles. The number of likely N-dealkylation sites (N-methyl/N-ethyl adjacent to an activating group) is 1. The minimum absolute atomic E-state index is 0.00802. The van der Waals surface area contributed by atoms with E-state index in [1.54, 1.807) is 11.0 Å². The smallest absolute Gasteiger partial charge is 0.244 e. The number of carbonyl (C=O) groups excluding carboxylic acids is 1. The van der Waals surface area contributed by atoms with Gasteiger partial charge < -0.3 is 4.90 Å². The van der Waals surface area contributed by atoms with Gasteiger partial charge in [-0.1, -0.05) is 35.1 Å². The molecule has 25 heavy (non-hydrogen) atoms. The number of carbonyl (C=O) groups is 1. The summed E-state index contributed by atoms with van der Waals surface area (Å²) in [6.45, 7) is 0.947. The summed E-state index contributed by atoms with van der Waals surface area (Å²) in [7, 11) is -1.54. The van der Waals surface area contributed by atoms with Crippen molar-refractivity contribution in [2.45, 2.75) is 23.3 Å². The zero-order valence-corrected chi connectivity index (χ0v) is 16.1.